The van der Waals surface area contributed by atoms with E-state index in [0.717, 1.165) is 11.1 Å². The van der Waals surface area contributed by atoms with Crippen LogP contribution in [0.4, 0.5) is 10.1 Å². The second-order valence-corrected chi connectivity index (χ2v) is 8.12. The molecule has 8 nitrogen and oxygen atoms in total. The molecule has 36 heavy (non-hydrogen) atoms. The number of aryl methyl sites for hydroxylation is 1. The molecule has 0 atom stereocenters. The van der Waals surface area contributed by atoms with E-state index in [0.29, 0.717) is 46.0 Å². The molecule has 3 N–H and O–H groups in total. The predicted octanol–water partition coefficient (Wildman–Crippen LogP) is 5.06. The number of aromatic nitrogens is 4. The van der Waals surface area contributed by atoms with Crippen LogP contribution in [0.15, 0.2) is 67.1 Å². The number of halogens is 1. The van der Waals surface area contributed by atoms with Crippen LogP contribution in [0.5, 0.6) is 17.4 Å². The lowest BCUT2D eigenvalue weighted by atomic mass is 10.1. The molecule has 5 rings (SSSR count). The minimum Gasteiger partial charge on any atom is -0.494 e. The number of hydrogen-bond donors (Lipinski definition) is 2. The fourth-order valence-electron chi connectivity index (χ4n) is 4.27. The van der Waals surface area contributed by atoms with Gasteiger partial charge in [-0.05, 0) is 24.1 Å². The topological polar surface area (TPSA) is 108 Å². The summed E-state index contributed by atoms with van der Waals surface area (Å²) in [5.74, 6) is -0.243. The Morgan fingerprint density at radius 2 is 1.83 bits per heavy atom. The Balaban J connectivity index is 1.69. The highest BCUT2D eigenvalue weighted by molar-refractivity contribution is 5.94. The van der Waals surface area contributed by atoms with E-state index in [1.165, 1.54) is 25.7 Å². The van der Waals surface area contributed by atoms with Gasteiger partial charge in [0.15, 0.2) is 11.6 Å². The fraction of sp³-hybridized carbons (Fsp3) is 0.148. The molecule has 3 heterocycles. The lowest BCUT2D eigenvalue weighted by Gasteiger charge is -2.16. The van der Waals surface area contributed by atoms with Crippen LogP contribution in [0.25, 0.3) is 28.1 Å². The van der Waals surface area contributed by atoms with Crippen molar-refractivity contribution >= 4 is 16.7 Å². The Morgan fingerprint density at radius 3 is 2.56 bits per heavy atom. The van der Waals surface area contributed by atoms with E-state index in [4.69, 9.17) is 15.2 Å². The molecule has 0 saturated heterocycles. The number of rotatable bonds is 7. The number of ether oxygens (including phenoxy) is 2. The number of methoxy groups -OCH3 is 1. The molecular weight excluding hydrogens is 461 g/mol. The first kappa shape index (κ1) is 23.1. The normalized spacial score (nSPS) is 11.1. The molecule has 0 aliphatic heterocycles. The van der Waals surface area contributed by atoms with Crippen LogP contribution in [0, 0.1) is 5.82 Å². The van der Waals surface area contributed by atoms with Gasteiger partial charge in [0, 0.05) is 23.4 Å². The first-order valence-corrected chi connectivity index (χ1v) is 11.4. The Bertz CT molecular complexity index is 1550. The van der Waals surface area contributed by atoms with E-state index < -0.39 is 5.82 Å². The number of anilines is 1. The zero-order chi connectivity index (χ0) is 25.2. The number of nitrogen functional groups attached to an aromatic ring is 1. The van der Waals surface area contributed by atoms with Crippen LogP contribution in [-0.2, 0) is 13.0 Å². The Kier molecular flexibility index (Phi) is 6.12. The van der Waals surface area contributed by atoms with Gasteiger partial charge in [0.2, 0.25) is 5.88 Å². The number of nitrogens with two attached hydrogens (primary N) is 1. The second-order valence-electron chi connectivity index (χ2n) is 8.12. The van der Waals surface area contributed by atoms with Gasteiger partial charge in [-0.2, -0.15) is 0 Å². The van der Waals surface area contributed by atoms with Gasteiger partial charge in [0.1, 0.15) is 29.9 Å². The highest BCUT2D eigenvalue weighted by Crippen LogP contribution is 2.41. The molecule has 0 fully saturated rings. The SMILES string of the molecule is CCc1c(-c2ncc(N)cc2OC)n(-c2ccc(OCc3ccccc3)c(F)c2)c2c(O)ncnc12. The van der Waals surface area contributed by atoms with Gasteiger partial charge in [-0.1, -0.05) is 37.3 Å². The van der Waals surface area contributed by atoms with Crippen molar-refractivity contribution in [2.24, 2.45) is 0 Å². The summed E-state index contributed by atoms with van der Waals surface area (Å²) < 4.78 is 28.2. The van der Waals surface area contributed by atoms with E-state index in [9.17, 15) is 5.11 Å². The van der Waals surface area contributed by atoms with Crippen LogP contribution >= 0.6 is 0 Å². The summed E-state index contributed by atoms with van der Waals surface area (Å²) in [5, 5.41) is 10.7. The van der Waals surface area contributed by atoms with Gasteiger partial charge in [-0.15, -0.1) is 0 Å². The highest BCUT2D eigenvalue weighted by Gasteiger charge is 2.26. The maximum absolute atomic E-state index is 15.3. The Hall–Kier alpha value is -4.66. The smallest absolute Gasteiger partial charge is 0.239 e. The maximum Gasteiger partial charge on any atom is 0.239 e. The number of nitrogens with zero attached hydrogens (tertiary/aromatic N) is 4. The van der Waals surface area contributed by atoms with Gasteiger partial charge in [0.25, 0.3) is 0 Å². The number of pyridine rings is 1. The highest BCUT2D eigenvalue weighted by atomic mass is 19.1. The average Bonchev–Trinajstić information content (AvgIpc) is 3.23. The molecule has 9 heteroatoms. The molecule has 0 aliphatic rings. The zero-order valence-corrected chi connectivity index (χ0v) is 19.8. The third-order valence-electron chi connectivity index (χ3n) is 5.90. The van der Waals surface area contributed by atoms with Gasteiger partial charge in [-0.3, -0.25) is 0 Å². The molecule has 5 aromatic rings. The molecule has 0 spiro atoms. The van der Waals surface area contributed by atoms with Crippen LogP contribution in [-0.4, -0.2) is 31.7 Å². The fourth-order valence-corrected chi connectivity index (χ4v) is 4.27. The molecule has 0 saturated carbocycles. The number of fused-ring (bicyclic) bond motifs is 1. The van der Waals surface area contributed by atoms with E-state index in [1.54, 1.807) is 22.8 Å². The third-order valence-corrected chi connectivity index (χ3v) is 5.90. The number of hydrogen-bond acceptors (Lipinski definition) is 7. The Labute approximate surface area is 206 Å². The van der Waals surface area contributed by atoms with E-state index >= 15 is 4.39 Å². The average molecular weight is 486 g/mol. The molecular formula is C27H24FN5O3. The predicted molar refractivity (Wildman–Crippen MR) is 135 cm³/mol. The first-order valence-electron chi connectivity index (χ1n) is 11.4. The van der Waals surface area contributed by atoms with E-state index in [-0.39, 0.29) is 18.2 Å². The summed E-state index contributed by atoms with van der Waals surface area (Å²) in [6.07, 6.45) is 3.37. The summed E-state index contributed by atoms with van der Waals surface area (Å²) in [4.78, 5) is 12.9. The molecule has 182 valence electrons. The second kappa shape index (κ2) is 9.53. The molecule has 0 aliphatic carbocycles. The minimum atomic E-state index is -0.553. The first-order chi connectivity index (χ1) is 17.5. The van der Waals surface area contributed by atoms with Crippen molar-refractivity contribution in [2.75, 3.05) is 12.8 Å². The zero-order valence-electron chi connectivity index (χ0n) is 19.8. The van der Waals surface area contributed by atoms with Crippen molar-refractivity contribution in [1.29, 1.82) is 0 Å². The van der Waals surface area contributed by atoms with Gasteiger partial charge in [0.05, 0.1) is 30.2 Å². The molecule has 0 radical (unpaired) electrons. The van der Waals surface area contributed by atoms with Gasteiger partial charge in [-0.25, -0.2) is 19.3 Å². The van der Waals surface area contributed by atoms with Crippen molar-refractivity contribution in [3.8, 4) is 34.5 Å². The number of aromatic hydroxyl groups is 1. The molecule has 0 unspecified atom stereocenters. The summed E-state index contributed by atoms with van der Waals surface area (Å²) in [6, 6.07) is 15.8. The van der Waals surface area contributed by atoms with Crippen molar-refractivity contribution < 1.29 is 19.0 Å². The molecule has 3 aromatic heterocycles. The summed E-state index contributed by atoms with van der Waals surface area (Å²) in [6.45, 7) is 2.20. The minimum absolute atomic E-state index is 0.111. The summed E-state index contributed by atoms with van der Waals surface area (Å²) in [5.41, 5.74) is 10.5. The lowest BCUT2D eigenvalue weighted by molar-refractivity contribution is 0.290. The summed E-state index contributed by atoms with van der Waals surface area (Å²) >= 11 is 0. The van der Waals surface area contributed by atoms with Crippen molar-refractivity contribution in [3.05, 3.63) is 84.1 Å². The van der Waals surface area contributed by atoms with E-state index in [1.807, 2.05) is 37.3 Å². The Morgan fingerprint density at radius 1 is 1.03 bits per heavy atom. The maximum atomic E-state index is 15.3. The monoisotopic (exact) mass is 485 g/mol. The van der Waals surface area contributed by atoms with Crippen molar-refractivity contribution in [1.82, 2.24) is 19.5 Å². The van der Waals surface area contributed by atoms with Crippen LogP contribution in [0.1, 0.15) is 18.1 Å². The van der Waals surface area contributed by atoms with Crippen molar-refractivity contribution in [2.45, 2.75) is 20.0 Å². The third kappa shape index (κ3) is 4.04. The van der Waals surface area contributed by atoms with Crippen LogP contribution in [0.2, 0.25) is 0 Å². The van der Waals surface area contributed by atoms with E-state index in [2.05, 4.69) is 15.0 Å². The quantitative estimate of drug-likeness (QED) is 0.332. The van der Waals surface area contributed by atoms with Gasteiger partial charge >= 0.3 is 0 Å². The number of benzene rings is 2. The van der Waals surface area contributed by atoms with Crippen LogP contribution < -0.4 is 15.2 Å². The standard InChI is InChI=1S/C27H24FN5O3/c1-3-19-23-26(27(34)32-15-31-23)33(25(19)24-22(35-2)11-17(29)13-30-24)18-9-10-21(20(28)12-18)36-14-16-7-5-4-6-8-16/h4-13,15H,3,14,29H2,1-2H3,(H,31,32,34). The molecule has 0 amide bonds. The molecule has 0 bridgehead atoms. The largest absolute Gasteiger partial charge is 0.494 e. The van der Waals surface area contributed by atoms with Crippen LogP contribution in [0.3, 0.4) is 0 Å². The summed E-state index contributed by atoms with van der Waals surface area (Å²) in [7, 11) is 1.52. The van der Waals surface area contributed by atoms with Gasteiger partial charge < -0.3 is 24.9 Å². The lowest BCUT2D eigenvalue weighted by Crippen LogP contribution is -2.04. The van der Waals surface area contributed by atoms with Crippen molar-refractivity contribution in [3.63, 3.8) is 0 Å². The molecule has 2 aromatic carbocycles.